The number of aromatic nitrogens is 2. The van der Waals surface area contributed by atoms with Gasteiger partial charge in [0.05, 0.1) is 11.1 Å². The van der Waals surface area contributed by atoms with Crippen LogP contribution in [0.25, 0.3) is 11.3 Å². The van der Waals surface area contributed by atoms with Gasteiger partial charge < -0.3 is 9.84 Å². The lowest BCUT2D eigenvalue weighted by Gasteiger charge is -2.12. The summed E-state index contributed by atoms with van der Waals surface area (Å²) in [6.07, 6.45) is 1.54. The fourth-order valence-electron chi connectivity index (χ4n) is 2.81. The first kappa shape index (κ1) is 14.6. The summed E-state index contributed by atoms with van der Waals surface area (Å²) in [6, 6.07) is 17.2. The van der Waals surface area contributed by atoms with Gasteiger partial charge in [0.1, 0.15) is 5.82 Å². The Labute approximate surface area is 139 Å². The van der Waals surface area contributed by atoms with Crippen LogP contribution in [0.4, 0.5) is 5.82 Å². The van der Waals surface area contributed by atoms with Crippen molar-refractivity contribution in [1.82, 2.24) is 10.1 Å². The zero-order chi connectivity index (χ0) is 16.6. The second kappa shape index (κ2) is 5.60. The molecule has 1 aliphatic carbocycles. The molecule has 0 bridgehead atoms. The molecule has 0 aliphatic heterocycles. The normalized spacial score (nSPS) is 15.0. The van der Waals surface area contributed by atoms with Gasteiger partial charge in [0, 0.05) is 17.3 Å². The van der Waals surface area contributed by atoms with E-state index in [1.54, 1.807) is 6.07 Å². The highest BCUT2D eigenvalue weighted by Crippen LogP contribution is 2.49. The van der Waals surface area contributed by atoms with Crippen molar-refractivity contribution in [3.8, 4) is 11.3 Å². The van der Waals surface area contributed by atoms with Crippen molar-refractivity contribution >= 4 is 11.7 Å². The van der Waals surface area contributed by atoms with Crippen LogP contribution in [0.2, 0.25) is 0 Å². The number of anilines is 1. The molecule has 0 atom stereocenters. The summed E-state index contributed by atoms with van der Waals surface area (Å²) in [5.74, 6) is 1.17. The number of benzene rings is 1. The number of hydrogen-bond acceptors (Lipinski definition) is 4. The SMILES string of the molecule is Cc1cccc(NC(=O)C2(c3cc(-c4ccccc4)on3)CC2)n1. The summed E-state index contributed by atoms with van der Waals surface area (Å²) in [4.78, 5) is 17.0. The topological polar surface area (TPSA) is 68.0 Å². The van der Waals surface area contributed by atoms with Crippen LogP contribution < -0.4 is 5.32 Å². The fourth-order valence-corrected chi connectivity index (χ4v) is 2.81. The molecule has 5 nitrogen and oxygen atoms in total. The molecule has 1 aliphatic rings. The van der Waals surface area contributed by atoms with Crippen molar-refractivity contribution in [1.29, 1.82) is 0 Å². The summed E-state index contributed by atoms with van der Waals surface area (Å²) in [5.41, 5.74) is 1.91. The van der Waals surface area contributed by atoms with Gasteiger partial charge in [0.15, 0.2) is 5.76 Å². The van der Waals surface area contributed by atoms with Crippen LogP contribution in [0.3, 0.4) is 0 Å². The molecule has 4 rings (SSSR count). The second-order valence-electron chi connectivity index (χ2n) is 6.14. The average molecular weight is 319 g/mol. The van der Waals surface area contributed by atoms with E-state index in [2.05, 4.69) is 15.5 Å². The molecule has 0 spiro atoms. The molecule has 0 radical (unpaired) electrons. The van der Waals surface area contributed by atoms with Crippen LogP contribution in [0, 0.1) is 6.92 Å². The maximum Gasteiger partial charge on any atom is 0.237 e. The van der Waals surface area contributed by atoms with Crippen molar-refractivity contribution in [2.24, 2.45) is 0 Å². The molecule has 1 aromatic carbocycles. The molecule has 2 aromatic heterocycles. The van der Waals surface area contributed by atoms with Crippen LogP contribution in [0.15, 0.2) is 59.1 Å². The first-order valence-corrected chi connectivity index (χ1v) is 7.95. The van der Waals surface area contributed by atoms with Gasteiger partial charge in [-0.05, 0) is 31.9 Å². The van der Waals surface area contributed by atoms with E-state index < -0.39 is 5.41 Å². The minimum atomic E-state index is -0.595. The maximum absolute atomic E-state index is 12.7. The molecule has 0 saturated heterocycles. The second-order valence-corrected chi connectivity index (χ2v) is 6.14. The monoisotopic (exact) mass is 319 g/mol. The highest BCUT2D eigenvalue weighted by atomic mass is 16.5. The average Bonchev–Trinajstić information content (AvgIpc) is 3.26. The van der Waals surface area contributed by atoms with Crippen molar-refractivity contribution in [2.45, 2.75) is 25.2 Å². The number of carbonyl (C=O) groups is 1. The number of rotatable bonds is 4. The first-order chi connectivity index (χ1) is 11.7. The van der Waals surface area contributed by atoms with E-state index in [1.165, 1.54) is 0 Å². The number of amides is 1. The first-order valence-electron chi connectivity index (χ1n) is 7.95. The Bertz CT molecular complexity index is 882. The molecule has 120 valence electrons. The van der Waals surface area contributed by atoms with Crippen molar-refractivity contribution in [3.05, 3.63) is 66.0 Å². The Hall–Kier alpha value is -2.95. The van der Waals surface area contributed by atoms with Crippen LogP contribution in [-0.2, 0) is 10.2 Å². The third-order valence-corrected chi connectivity index (χ3v) is 4.37. The summed E-state index contributed by atoms with van der Waals surface area (Å²) in [6.45, 7) is 1.90. The zero-order valence-electron chi connectivity index (χ0n) is 13.3. The molecule has 1 N–H and O–H groups in total. The predicted molar refractivity (Wildman–Crippen MR) is 90.5 cm³/mol. The molecule has 5 heteroatoms. The van der Waals surface area contributed by atoms with Gasteiger partial charge in [-0.15, -0.1) is 0 Å². The number of nitrogens with zero attached hydrogens (tertiary/aromatic N) is 2. The van der Waals surface area contributed by atoms with Crippen molar-refractivity contribution in [3.63, 3.8) is 0 Å². The summed E-state index contributed by atoms with van der Waals surface area (Å²) >= 11 is 0. The quantitative estimate of drug-likeness (QED) is 0.796. The summed E-state index contributed by atoms with van der Waals surface area (Å²) < 4.78 is 5.45. The molecular formula is C19H17N3O2. The van der Waals surface area contributed by atoms with Gasteiger partial charge in [-0.25, -0.2) is 4.98 Å². The molecule has 24 heavy (non-hydrogen) atoms. The van der Waals surface area contributed by atoms with Gasteiger partial charge in [0.25, 0.3) is 0 Å². The van der Waals surface area contributed by atoms with Crippen molar-refractivity contribution < 1.29 is 9.32 Å². The number of carbonyl (C=O) groups excluding carboxylic acids is 1. The molecule has 1 amide bonds. The van der Waals surface area contributed by atoms with Crippen LogP contribution in [-0.4, -0.2) is 16.0 Å². The summed E-state index contributed by atoms with van der Waals surface area (Å²) in [7, 11) is 0. The highest BCUT2D eigenvalue weighted by molar-refractivity contribution is 6.00. The van der Waals surface area contributed by atoms with Crippen LogP contribution in [0.1, 0.15) is 24.2 Å². The van der Waals surface area contributed by atoms with Gasteiger partial charge >= 0.3 is 0 Å². The minimum Gasteiger partial charge on any atom is -0.356 e. The lowest BCUT2D eigenvalue weighted by molar-refractivity contribution is -0.118. The smallest absolute Gasteiger partial charge is 0.237 e. The zero-order valence-corrected chi connectivity index (χ0v) is 13.3. The van der Waals surface area contributed by atoms with Gasteiger partial charge in [-0.2, -0.15) is 0 Å². The number of pyridine rings is 1. The number of aryl methyl sites for hydroxylation is 1. The Kier molecular flexibility index (Phi) is 3.41. The Balaban J connectivity index is 1.57. The van der Waals surface area contributed by atoms with E-state index in [-0.39, 0.29) is 5.91 Å². The maximum atomic E-state index is 12.7. The standard InChI is InChI=1S/C19H17N3O2/c1-13-6-5-9-17(20-13)21-18(23)19(10-11-19)16-12-15(24-22-16)14-7-3-2-4-8-14/h2-9,12H,10-11H2,1H3,(H,20,21,23). The van der Waals surface area contributed by atoms with Crippen LogP contribution in [0.5, 0.6) is 0 Å². The molecule has 1 fully saturated rings. The van der Waals surface area contributed by atoms with E-state index in [9.17, 15) is 4.79 Å². The Morgan fingerprint density at radius 2 is 1.92 bits per heavy atom. The van der Waals surface area contributed by atoms with E-state index in [0.29, 0.717) is 17.3 Å². The van der Waals surface area contributed by atoms with E-state index in [0.717, 1.165) is 24.1 Å². The third-order valence-electron chi connectivity index (χ3n) is 4.37. The minimum absolute atomic E-state index is 0.0755. The van der Waals surface area contributed by atoms with Gasteiger partial charge in [0.2, 0.25) is 5.91 Å². The highest BCUT2D eigenvalue weighted by Gasteiger charge is 2.54. The van der Waals surface area contributed by atoms with Gasteiger partial charge in [-0.1, -0.05) is 41.6 Å². The van der Waals surface area contributed by atoms with Crippen LogP contribution >= 0.6 is 0 Å². The largest absolute Gasteiger partial charge is 0.356 e. The fraction of sp³-hybridized carbons (Fsp3) is 0.211. The Morgan fingerprint density at radius 1 is 1.12 bits per heavy atom. The van der Waals surface area contributed by atoms with Crippen molar-refractivity contribution in [2.75, 3.05) is 5.32 Å². The molecule has 0 unspecified atom stereocenters. The molecular weight excluding hydrogens is 302 g/mol. The third kappa shape index (κ3) is 2.58. The van der Waals surface area contributed by atoms with E-state index in [4.69, 9.17) is 4.52 Å². The van der Waals surface area contributed by atoms with E-state index in [1.807, 2.05) is 55.5 Å². The lowest BCUT2D eigenvalue weighted by atomic mass is 10.0. The number of nitrogens with one attached hydrogen (secondary N) is 1. The predicted octanol–water partition coefficient (Wildman–Crippen LogP) is 3.72. The summed E-state index contributed by atoms with van der Waals surface area (Å²) in [5, 5.41) is 7.05. The number of hydrogen-bond donors (Lipinski definition) is 1. The molecule has 2 heterocycles. The molecule has 1 saturated carbocycles. The lowest BCUT2D eigenvalue weighted by Crippen LogP contribution is -2.28. The van der Waals surface area contributed by atoms with E-state index >= 15 is 0 Å². The molecule has 3 aromatic rings. The Morgan fingerprint density at radius 3 is 2.62 bits per heavy atom. The van der Waals surface area contributed by atoms with Gasteiger partial charge in [-0.3, -0.25) is 4.79 Å².